The fourth-order valence-corrected chi connectivity index (χ4v) is 3.72. The van der Waals surface area contributed by atoms with Gasteiger partial charge < -0.3 is 18.9 Å². The number of aromatic nitrogens is 1. The maximum Gasteiger partial charge on any atom is 0.246 e. The largest absolute Gasteiger partial charge is 0.493 e. The van der Waals surface area contributed by atoms with Gasteiger partial charge in [0, 0.05) is 30.7 Å². The molecule has 0 atom stereocenters. The minimum absolute atomic E-state index is 0.0491. The summed E-state index contributed by atoms with van der Waals surface area (Å²) in [5, 5.41) is 3.93. The third-order valence-corrected chi connectivity index (χ3v) is 5.42. The van der Waals surface area contributed by atoms with E-state index < -0.39 is 0 Å². The molecule has 3 rings (SSSR count). The van der Waals surface area contributed by atoms with E-state index in [1.807, 2.05) is 54.8 Å². The second-order valence-electron chi connectivity index (χ2n) is 6.27. The van der Waals surface area contributed by atoms with Gasteiger partial charge >= 0.3 is 0 Å². The second-order valence-corrected chi connectivity index (χ2v) is 7.50. The average molecular weight is 388 g/mol. The number of ether oxygens (including phenoxy) is 2. The van der Waals surface area contributed by atoms with E-state index in [0.29, 0.717) is 18.1 Å². The van der Waals surface area contributed by atoms with Gasteiger partial charge in [0.1, 0.15) is 12.4 Å². The maximum atomic E-state index is 12.2. The standard InChI is InChI=1S/C20H24N2O4S/c1-14-17(15(2)26-21-14)13-25-18-6-4-16(12-19(18)24-3)5-7-20(23)22-8-10-27-11-9-22/h4-7,12H,8-11,13H2,1-3H3. The third-order valence-electron chi connectivity index (χ3n) is 4.48. The zero-order valence-corrected chi connectivity index (χ0v) is 16.7. The normalized spacial score (nSPS) is 14.6. The first-order valence-corrected chi connectivity index (χ1v) is 10.0. The van der Waals surface area contributed by atoms with Crippen molar-refractivity contribution in [2.75, 3.05) is 31.7 Å². The molecule has 1 aliphatic rings. The monoisotopic (exact) mass is 388 g/mol. The summed E-state index contributed by atoms with van der Waals surface area (Å²) in [5.41, 5.74) is 2.64. The first-order valence-electron chi connectivity index (χ1n) is 8.86. The highest BCUT2D eigenvalue weighted by Crippen LogP contribution is 2.30. The molecule has 1 fully saturated rings. The van der Waals surface area contributed by atoms with Crippen molar-refractivity contribution < 1.29 is 18.8 Å². The molecular formula is C20H24N2O4S. The number of rotatable bonds is 6. The van der Waals surface area contributed by atoms with Crippen LogP contribution in [-0.4, -0.2) is 47.7 Å². The van der Waals surface area contributed by atoms with Gasteiger partial charge in [-0.25, -0.2) is 0 Å². The zero-order chi connectivity index (χ0) is 19.2. The summed E-state index contributed by atoms with van der Waals surface area (Å²) < 4.78 is 16.5. The molecule has 1 saturated heterocycles. The number of carbonyl (C=O) groups is 1. The molecule has 1 amide bonds. The van der Waals surface area contributed by atoms with Crippen LogP contribution in [0.3, 0.4) is 0 Å². The lowest BCUT2D eigenvalue weighted by Crippen LogP contribution is -2.36. The highest BCUT2D eigenvalue weighted by atomic mass is 32.2. The highest BCUT2D eigenvalue weighted by Gasteiger charge is 2.14. The lowest BCUT2D eigenvalue weighted by atomic mass is 10.1. The molecule has 6 nitrogen and oxygen atoms in total. The summed E-state index contributed by atoms with van der Waals surface area (Å²) in [7, 11) is 1.60. The Kier molecular flexibility index (Phi) is 6.45. The molecule has 1 aromatic heterocycles. The molecule has 0 radical (unpaired) electrons. The molecule has 0 unspecified atom stereocenters. The Morgan fingerprint density at radius 3 is 2.74 bits per heavy atom. The Hall–Kier alpha value is -2.41. The van der Waals surface area contributed by atoms with Crippen LogP contribution in [0.25, 0.3) is 6.08 Å². The molecule has 27 heavy (non-hydrogen) atoms. The average Bonchev–Trinajstić information content (AvgIpc) is 3.03. The van der Waals surface area contributed by atoms with Gasteiger partial charge in [0.25, 0.3) is 0 Å². The first-order chi connectivity index (χ1) is 13.1. The number of nitrogens with zero attached hydrogens (tertiary/aromatic N) is 2. The van der Waals surface area contributed by atoms with Gasteiger partial charge in [0.15, 0.2) is 11.5 Å². The van der Waals surface area contributed by atoms with Crippen molar-refractivity contribution in [1.82, 2.24) is 10.1 Å². The van der Waals surface area contributed by atoms with Crippen LogP contribution < -0.4 is 9.47 Å². The van der Waals surface area contributed by atoms with Crippen LogP contribution in [0.1, 0.15) is 22.6 Å². The predicted molar refractivity (Wildman–Crippen MR) is 106 cm³/mol. The highest BCUT2D eigenvalue weighted by molar-refractivity contribution is 7.99. The molecule has 0 N–H and O–H groups in total. The lowest BCUT2D eigenvalue weighted by Gasteiger charge is -2.25. The van der Waals surface area contributed by atoms with Crippen molar-refractivity contribution >= 4 is 23.7 Å². The number of hydrogen-bond donors (Lipinski definition) is 0. The smallest absolute Gasteiger partial charge is 0.246 e. The Morgan fingerprint density at radius 1 is 1.30 bits per heavy atom. The Labute approximate surface area is 163 Å². The van der Waals surface area contributed by atoms with Crippen molar-refractivity contribution in [3.8, 4) is 11.5 Å². The van der Waals surface area contributed by atoms with Crippen LogP contribution in [0.4, 0.5) is 0 Å². The summed E-state index contributed by atoms with van der Waals surface area (Å²) >= 11 is 1.88. The van der Waals surface area contributed by atoms with Gasteiger partial charge in [-0.05, 0) is 37.6 Å². The zero-order valence-electron chi connectivity index (χ0n) is 15.9. The van der Waals surface area contributed by atoms with Crippen molar-refractivity contribution in [2.24, 2.45) is 0 Å². The van der Waals surface area contributed by atoms with E-state index in [9.17, 15) is 4.79 Å². The summed E-state index contributed by atoms with van der Waals surface area (Å²) in [6.07, 6.45) is 3.43. The van der Waals surface area contributed by atoms with E-state index >= 15 is 0 Å². The number of amides is 1. The van der Waals surface area contributed by atoms with Crippen molar-refractivity contribution in [3.05, 3.63) is 46.9 Å². The molecule has 1 aromatic carbocycles. The molecule has 144 valence electrons. The number of aryl methyl sites for hydroxylation is 2. The quantitative estimate of drug-likeness (QED) is 0.706. The fraction of sp³-hybridized carbons (Fsp3) is 0.400. The van der Waals surface area contributed by atoms with Crippen LogP contribution >= 0.6 is 11.8 Å². The van der Waals surface area contributed by atoms with E-state index in [2.05, 4.69) is 5.16 Å². The molecule has 0 saturated carbocycles. The fourth-order valence-electron chi connectivity index (χ4n) is 2.82. The number of thioether (sulfide) groups is 1. The molecule has 7 heteroatoms. The summed E-state index contributed by atoms with van der Waals surface area (Å²) in [6.45, 7) is 5.73. The number of carbonyl (C=O) groups excluding carboxylic acids is 1. The van der Waals surface area contributed by atoms with E-state index in [0.717, 1.165) is 47.2 Å². The van der Waals surface area contributed by atoms with Gasteiger partial charge in [-0.15, -0.1) is 0 Å². The van der Waals surface area contributed by atoms with Crippen molar-refractivity contribution in [1.29, 1.82) is 0 Å². The minimum atomic E-state index is 0.0491. The predicted octanol–water partition coefficient (Wildman–Crippen LogP) is 3.47. The molecule has 2 heterocycles. The molecule has 1 aliphatic heterocycles. The van der Waals surface area contributed by atoms with Gasteiger partial charge in [0.05, 0.1) is 18.4 Å². The van der Waals surface area contributed by atoms with E-state index in [1.54, 1.807) is 13.2 Å². The molecule has 0 bridgehead atoms. The molecular weight excluding hydrogens is 364 g/mol. The van der Waals surface area contributed by atoms with E-state index in [1.165, 1.54) is 0 Å². The van der Waals surface area contributed by atoms with Gasteiger partial charge in [-0.3, -0.25) is 4.79 Å². The van der Waals surface area contributed by atoms with Gasteiger partial charge in [0.2, 0.25) is 5.91 Å². The minimum Gasteiger partial charge on any atom is -0.493 e. The Bertz CT molecular complexity index is 806. The SMILES string of the molecule is COc1cc(C=CC(=O)N2CCSCC2)ccc1OCc1c(C)noc1C. The van der Waals surface area contributed by atoms with Gasteiger partial charge in [-0.1, -0.05) is 11.2 Å². The first kappa shape index (κ1) is 19.4. The molecule has 2 aromatic rings. The molecule has 0 spiro atoms. The number of benzene rings is 1. The summed E-state index contributed by atoms with van der Waals surface area (Å²) in [5.74, 6) is 4.06. The van der Waals surface area contributed by atoms with Crippen molar-refractivity contribution in [3.63, 3.8) is 0 Å². The lowest BCUT2D eigenvalue weighted by molar-refractivity contribution is -0.125. The second kappa shape index (κ2) is 8.99. The Balaban J connectivity index is 1.66. The van der Waals surface area contributed by atoms with E-state index in [-0.39, 0.29) is 5.91 Å². The van der Waals surface area contributed by atoms with Crippen LogP contribution in [0.5, 0.6) is 11.5 Å². The van der Waals surface area contributed by atoms with Crippen LogP contribution in [0.2, 0.25) is 0 Å². The molecule has 0 aliphatic carbocycles. The van der Waals surface area contributed by atoms with E-state index in [4.69, 9.17) is 14.0 Å². The van der Waals surface area contributed by atoms with Crippen molar-refractivity contribution in [2.45, 2.75) is 20.5 Å². The Morgan fingerprint density at radius 2 is 2.07 bits per heavy atom. The number of methoxy groups -OCH3 is 1. The summed E-state index contributed by atoms with van der Waals surface area (Å²) in [6, 6.07) is 5.61. The van der Waals surface area contributed by atoms with Crippen LogP contribution in [0, 0.1) is 13.8 Å². The van der Waals surface area contributed by atoms with Crippen LogP contribution in [-0.2, 0) is 11.4 Å². The maximum absolute atomic E-state index is 12.2. The summed E-state index contributed by atoms with van der Waals surface area (Å²) in [4.78, 5) is 14.1. The third kappa shape index (κ3) is 4.86. The van der Waals surface area contributed by atoms with Crippen LogP contribution in [0.15, 0.2) is 28.8 Å². The van der Waals surface area contributed by atoms with Gasteiger partial charge in [-0.2, -0.15) is 11.8 Å². The topological polar surface area (TPSA) is 64.8 Å². The number of hydrogen-bond acceptors (Lipinski definition) is 6.